The number of aromatic amines is 1. The van der Waals surface area contributed by atoms with E-state index in [1.807, 2.05) is 18.2 Å². The van der Waals surface area contributed by atoms with Crippen LogP contribution in [-0.2, 0) is 4.79 Å². The first-order valence-electron chi connectivity index (χ1n) is 7.91. The third-order valence-corrected chi connectivity index (χ3v) is 4.22. The van der Waals surface area contributed by atoms with Gasteiger partial charge in [-0.15, -0.1) is 0 Å². The van der Waals surface area contributed by atoms with Crippen LogP contribution in [0.4, 0.5) is 11.5 Å². The zero-order chi connectivity index (χ0) is 18.3. The van der Waals surface area contributed by atoms with E-state index < -0.39 is 12.0 Å². The average Bonchev–Trinajstić information content (AvgIpc) is 3.30. The van der Waals surface area contributed by atoms with Gasteiger partial charge in [-0.05, 0) is 25.1 Å². The number of fused-ring (bicyclic) bond motifs is 3. The Morgan fingerprint density at radius 1 is 1.35 bits per heavy atom. The number of nitrogens with zero attached hydrogens (tertiary/aromatic N) is 4. The zero-order valence-corrected chi connectivity index (χ0v) is 14.1. The molecule has 0 radical (unpaired) electrons. The van der Waals surface area contributed by atoms with E-state index in [9.17, 15) is 4.79 Å². The van der Waals surface area contributed by atoms with Crippen molar-refractivity contribution in [2.24, 2.45) is 0 Å². The van der Waals surface area contributed by atoms with Crippen LogP contribution in [0.1, 0.15) is 13.0 Å². The molecule has 3 N–H and O–H groups in total. The average molecular weight is 352 g/mol. The smallest absolute Gasteiger partial charge is 0.328 e. The molecule has 3 aromatic heterocycles. The van der Waals surface area contributed by atoms with Crippen LogP contribution < -0.4 is 10.1 Å². The van der Waals surface area contributed by atoms with Crippen LogP contribution in [0.15, 0.2) is 36.8 Å². The molecule has 0 fully saturated rings. The molecule has 0 aliphatic carbocycles. The summed E-state index contributed by atoms with van der Waals surface area (Å²) in [5.74, 6) is 0.373. The summed E-state index contributed by atoms with van der Waals surface area (Å²) >= 11 is 0. The molecule has 0 bridgehead atoms. The number of carbonyl (C=O) groups is 1. The fourth-order valence-electron chi connectivity index (χ4n) is 2.76. The van der Waals surface area contributed by atoms with Gasteiger partial charge in [0.1, 0.15) is 17.3 Å². The number of aliphatic carboxylic acids is 1. The molecule has 1 atom stereocenters. The standard InChI is InChI=1S/C17H16N6O3/c1-9(17(24)25)23-8-10(6-19-23)20-16-15-13(7-18-22-15)12-5-11(26-2)3-4-14(12)21-16/h3-9H,1-2H3,(H,18,22)(H,20,21)(H,24,25). The number of carboxylic acid groups (broad SMARTS) is 1. The van der Waals surface area contributed by atoms with Crippen molar-refractivity contribution in [3.63, 3.8) is 0 Å². The maximum atomic E-state index is 11.1. The number of H-pyrrole nitrogens is 1. The molecule has 0 saturated carbocycles. The van der Waals surface area contributed by atoms with Crippen molar-refractivity contribution in [3.05, 3.63) is 36.8 Å². The number of hydrogen-bond donors (Lipinski definition) is 3. The summed E-state index contributed by atoms with van der Waals surface area (Å²) in [6.07, 6.45) is 4.92. The third kappa shape index (κ3) is 2.59. The van der Waals surface area contributed by atoms with E-state index in [1.165, 1.54) is 4.68 Å². The Kier molecular flexibility index (Phi) is 3.68. The maximum Gasteiger partial charge on any atom is 0.328 e. The van der Waals surface area contributed by atoms with Gasteiger partial charge in [0.15, 0.2) is 5.82 Å². The second-order valence-electron chi connectivity index (χ2n) is 5.85. The van der Waals surface area contributed by atoms with Crippen LogP contribution in [0.2, 0.25) is 0 Å². The summed E-state index contributed by atoms with van der Waals surface area (Å²) in [6.45, 7) is 1.56. The summed E-state index contributed by atoms with van der Waals surface area (Å²) in [4.78, 5) is 15.7. The van der Waals surface area contributed by atoms with Gasteiger partial charge in [-0.1, -0.05) is 0 Å². The highest BCUT2D eigenvalue weighted by atomic mass is 16.5. The molecule has 26 heavy (non-hydrogen) atoms. The molecule has 3 heterocycles. The first-order chi connectivity index (χ1) is 12.6. The topological polar surface area (TPSA) is 118 Å². The van der Waals surface area contributed by atoms with Crippen LogP contribution >= 0.6 is 0 Å². The number of methoxy groups -OCH3 is 1. The summed E-state index contributed by atoms with van der Waals surface area (Å²) in [7, 11) is 1.62. The Bertz CT molecular complexity index is 1120. The van der Waals surface area contributed by atoms with Crippen molar-refractivity contribution in [1.82, 2.24) is 25.0 Å². The lowest BCUT2D eigenvalue weighted by molar-refractivity contribution is -0.140. The number of ether oxygens (including phenoxy) is 1. The summed E-state index contributed by atoms with van der Waals surface area (Å²) in [5, 5.41) is 25.3. The molecule has 4 rings (SSSR count). The van der Waals surface area contributed by atoms with Crippen molar-refractivity contribution in [2.45, 2.75) is 13.0 Å². The van der Waals surface area contributed by atoms with Gasteiger partial charge < -0.3 is 15.2 Å². The molecule has 1 aromatic carbocycles. The van der Waals surface area contributed by atoms with Crippen molar-refractivity contribution < 1.29 is 14.6 Å². The molecule has 9 nitrogen and oxygen atoms in total. The molecular formula is C17H16N6O3. The Labute approximate surface area is 147 Å². The normalized spacial score (nSPS) is 12.4. The Morgan fingerprint density at radius 3 is 2.96 bits per heavy atom. The molecule has 0 saturated heterocycles. The molecule has 0 aliphatic rings. The molecule has 132 valence electrons. The lowest BCUT2D eigenvalue weighted by atomic mass is 10.1. The van der Waals surface area contributed by atoms with Gasteiger partial charge in [-0.25, -0.2) is 9.78 Å². The van der Waals surface area contributed by atoms with E-state index in [2.05, 4.69) is 25.6 Å². The fourth-order valence-corrected chi connectivity index (χ4v) is 2.76. The van der Waals surface area contributed by atoms with E-state index in [0.29, 0.717) is 11.5 Å². The van der Waals surface area contributed by atoms with Crippen LogP contribution in [0.5, 0.6) is 5.75 Å². The molecule has 1 unspecified atom stereocenters. The van der Waals surface area contributed by atoms with E-state index in [0.717, 1.165) is 27.6 Å². The number of carboxylic acids is 1. The number of hydrogen-bond acceptors (Lipinski definition) is 6. The van der Waals surface area contributed by atoms with E-state index in [4.69, 9.17) is 9.84 Å². The van der Waals surface area contributed by atoms with Crippen LogP contribution in [0.25, 0.3) is 21.8 Å². The second kappa shape index (κ2) is 6.03. The minimum atomic E-state index is -0.951. The molecule has 9 heteroatoms. The first-order valence-corrected chi connectivity index (χ1v) is 7.91. The second-order valence-corrected chi connectivity index (χ2v) is 5.85. The fraction of sp³-hybridized carbons (Fsp3) is 0.176. The number of aromatic nitrogens is 5. The van der Waals surface area contributed by atoms with Crippen LogP contribution in [0, 0.1) is 0 Å². The predicted molar refractivity (Wildman–Crippen MR) is 95.8 cm³/mol. The van der Waals surface area contributed by atoms with Gasteiger partial charge in [0.05, 0.1) is 30.7 Å². The largest absolute Gasteiger partial charge is 0.497 e. The highest BCUT2D eigenvalue weighted by Gasteiger charge is 2.16. The van der Waals surface area contributed by atoms with Crippen molar-refractivity contribution in [3.8, 4) is 5.75 Å². The van der Waals surface area contributed by atoms with Gasteiger partial charge in [0.2, 0.25) is 0 Å². The quantitative estimate of drug-likeness (QED) is 0.505. The number of anilines is 2. The predicted octanol–water partition coefficient (Wildman–Crippen LogP) is 2.71. The number of pyridine rings is 1. The van der Waals surface area contributed by atoms with Gasteiger partial charge >= 0.3 is 5.97 Å². The van der Waals surface area contributed by atoms with Crippen molar-refractivity contribution >= 4 is 39.3 Å². The third-order valence-electron chi connectivity index (χ3n) is 4.22. The van der Waals surface area contributed by atoms with Crippen LogP contribution in [-0.4, -0.2) is 43.1 Å². The molecular weight excluding hydrogens is 336 g/mol. The minimum Gasteiger partial charge on any atom is -0.497 e. The minimum absolute atomic E-state index is 0.581. The summed E-state index contributed by atoms with van der Waals surface area (Å²) in [6, 6.07) is 4.88. The zero-order valence-electron chi connectivity index (χ0n) is 14.1. The number of nitrogens with one attached hydrogen (secondary N) is 2. The SMILES string of the molecule is COc1ccc2nc(Nc3cnn(C(C)C(=O)O)c3)c3[nH]ncc3c2c1. The van der Waals surface area contributed by atoms with Gasteiger partial charge in [-0.2, -0.15) is 10.2 Å². The lowest BCUT2D eigenvalue weighted by Gasteiger charge is -2.08. The maximum absolute atomic E-state index is 11.1. The molecule has 0 aliphatic heterocycles. The molecule has 0 amide bonds. The highest BCUT2D eigenvalue weighted by molar-refractivity contribution is 6.09. The first kappa shape index (κ1) is 15.9. The van der Waals surface area contributed by atoms with E-state index >= 15 is 0 Å². The van der Waals surface area contributed by atoms with Crippen molar-refractivity contribution in [1.29, 1.82) is 0 Å². The number of benzene rings is 1. The van der Waals surface area contributed by atoms with Crippen LogP contribution in [0.3, 0.4) is 0 Å². The van der Waals surface area contributed by atoms with E-state index in [-0.39, 0.29) is 0 Å². The Hall–Kier alpha value is -3.62. The van der Waals surface area contributed by atoms with E-state index in [1.54, 1.807) is 32.6 Å². The van der Waals surface area contributed by atoms with Crippen molar-refractivity contribution in [2.75, 3.05) is 12.4 Å². The lowest BCUT2D eigenvalue weighted by Crippen LogP contribution is -2.15. The Morgan fingerprint density at radius 2 is 2.19 bits per heavy atom. The van der Waals surface area contributed by atoms with Gasteiger partial charge in [-0.3, -0.25) is 9.78 Å². The molecule has 0 spiro atoms. The summed E-state index contributed by atoms with van der Waals surface area (Å²) in [5.41, 5.74) is 2.16. The van der Waals surface area contributed by atoms with Gasteiger partial charge in [0, 0.05) is 17.0 Å². The Balaban J connectivity index is 1.77. The summed E-state index contributed by atoms with van der Waals surface area (Å²) < 4.78 is 6.66. The molecule has 4 aromatic rings. The monoisotopic (exact) mass is 352 g/mol. The van der Waals surface area contributed by atoms with Gasteiger partial charge in [0.25, 0.3) is 0 Å². The highest BCUT2D eigenvalue weighted by Crippen LogP contribution is 2.31. The number of rotatable bonds is 5.